The van der Waals surface area contributed by atoms with Crippen LogP contribution in [0.3, 0.4) is 0 Å². The number of hydrogen-bond acceptors (Lipinski definition) is 3. The Kier molecular flexibility index (Phi) is 4.58. The van der Waals surface area contributed by atoms with Crippen LogP contribution in [0.4, 0.5) is 0 Å². The molecule has 0 bridgehead atoms. The second-order valence-corrected chi connectivity index (χ2v) is 6.33. The van der Waals surface area contributed by atoms with Crippen molar-refractivity contribution in [1.29, 1.82) is 0 Å². The largest absolute Gasteiger partial charge is 0.378 e. The van der Waals surface area contributed by atoms with E-state index in [1.807, 2.05) is 11.8 Å². The lowest BCUT2D eigenvalue weighted by Gasteiger charge is -2.32. The van der Waals surface area contributed by atoms with Crippen LogP contribution >= 0.6 is 0 Å². The molecule has 0 radical (unpaired) electrons. The lowest BCUT2D eigenvalue weighted by atomic mass is 9.94. The van der Waals surface area contributed by atoms with Crippen molar-refractivity contribution in [3.05, 3.63) is 17.5 Å². The second-order valence-electron chi connectivity index (χ2n) is 6.33. The van der Waals surface area contributed by atoms with Crippen molar-refractivity contribution in [2.75, 3.05) is 19.7 Å². The normalized spacial score (nSPS) is 26.2. The first-order valence-electron chi connectivity index (χ1n) is 8.13. The molecule has 0 saturated carbocycles. The van der Waals surface area contributed by atoms with Gasteiger partial charge < -0.3 is 9.64 Å². The number of nitrogens with one attached hydrogen (secondary N) is 1. The van der Waals surface area contributed by atoms with E-state index < -0.39 is 0 Å². The lowest BCUT2D eigenvalue weighted by molar-refractivity contribution is -0.133. The van der Waals surface area contributed by atoms with Gasteiger partial charge >= 0.3 is 0 Å². The van der Waals surface area contributed by atoms with Crippen molar-refractivity contribution >= 4 is 5.91 Å². The van der Waals surface area contributed by atoms with E-state index in [0.717, 1.165) is 63.2 Å². The van der Waals surface area contributed by atoms with E-state index in [-0.39, 0.29) is 5.91 Å². The van der Waals surface area contributed by atoms with Gasteiger partial charge in [-0.1, -0.05) is 0 Å². The molecule has 0 aliphatic carbocycles. The number of hydrogen-bond donors (Lipinski definition) is 1. The minimum absolute atomic E-state index is 0.280. The summed E-state index contributed by atoms with van der Waals surface area (Å²) in [6.07, 6.45) is 6.26. The maximum atomic E-state index is 12.4. The van der Waals surface area contributed by atoms with Crippen LogP contribution in [0.15, 0.2) is 6.07 Å². The molecule has 116 valence electrons. The molecule has 0 spiro atoms. The molecule has 0 unspecified atom stereocenters. The van der Waals surface area contributed by atoms with Gasteiger partial charge in [-0.15, -0.1) is 0 Å². The summed E-state index contributed by atoms with van der Waals surface area (Å²) in [5, 5.41) is 7.36. The van der Waals surface area contributed by atoms with E-state index in [9.17, 15) is 4.79 Å². The number of carbonyl (C=O) groups excluding carboxylic acids is 1. The molecule has 1 N–H and O–H groups in total. The van der Waals surface area contributed by atoms with Gasteiger partial charge in [0.15, 0.2) is 0 Å². The summed E-state index contributed by atoms with van der Waals surface area (Å²) in [4.78, 5) is 14.4. The molecule has 3 rings (SSSR count). The van der Waals surface area contributed by atoms with Crippen LogP contribution in [0, 0.1) is 6.92 Å². The van der Waals surface area contributed by atoms with E-state index in [1.54, 1.807) is 0 Å². The van der Waals surface area contributed by atoms with Crippen LogP contribution in [0.25, 0.3) is 0 Å². The van der Waals surface area contributed by atoms with Gasteiger partial charge in [0.25, 0.3) is 0 Å². The molecule has 2 fully saturated rings. The maximum Gasteiger partial charge on any atom is 0.222 e. The van der Waals surface area contributed by atoms with Gasteiger partial charge in [-0.05, 0) is 45.1 Å². The monoisotopic (exact) mass is 291 g/mol. The summed E-state index contributed by atoms with van der Waals surface area (Å²) in [5.74, 6) is 0.665. The highest BCUT2D eigenvalue weighted by atomic mass is 16.5. The molecule has 1 amide bonds. The zero-order valence-corrected chi connectivity index (χ0v) is 12.8. The minimum Gasteiger partial charge on any atom is -0.378 e. The summed E-state index contributed by atoms with van der Waals surface area (Å²) in [7, 11) is 0. The molecule has 3 heterocycles. The average Bonchev–Trinajstić information content (AvgIpc) is 3.16. The number of H-pyrrole nitrogens is 1. The van der Waals surface area contributed by atoms with Gasteiger partial charge in [-0.2, -0.15) is 5.10 Å². The zero-order chi connectivity index (χ0) is 14.7. The molecule has 2 atom stereocenters. The van der Waals surface area contributed by atoms with Gasteiger partial charge in [0.1, 0.15) is 0 Å². The van der Waals surface area contributed by atoms with E-state index in [2.05, 4.69) is 16.3 Å². The maximum absolute atomic E-state index is 12.4. The second kappa shape index (κ2) is 6.60. The van der Waals surface area contributed by atoms with E-state index >= 15 is 0 Å². The number of aryl methyl sites for hydroxylation is 1. The van der Waals surface area contributed by atoms with Crippen LogP contribution < -0.4 is 0 Å². The van der Waals surface area contributed by atoms with Crippen LogP contribution in [-0.4, -0.2) is 46.8 Å². The van der Waals surface area contributed by atoms with Gasteiger partial charge in [0.05, 0.1) is 11.8 Å². The zero-order valence-electron chi connectivity index (χ0n) is 12.8. The molecular weight excluding hydrogens is 266 g/mol. The fourth-order valence-corrected chi connectivity index (χ4v) is 3.41. The molecule has 1 aromatic rings. The fourth-order valence-electron chi connectivity index (χ4n) is 3.41. The van der Waals surface area contributed by atoms with Crippen molar-refractivity contribution in [2.45, 2.75) is 57.5 Å². The predicted octanol–water partition coefficient (Wildman–Crippen LogP) is 2.38. The Morgan fingerprint density at radius 3 is 3.10 bits per heavy atom. The van der Waals surface area contributed by atoms with E-state index in [0.29, 0.717) is 18.4 Å². The number of piperidine rings is 1. The third-order valence-electron chi connectivity index (χ3n) is 4.62. The number of nitrogens with zero attached hydrogens (tertiary/aromatic N) is 2. The Morgan fingerprint density at radius 1 is 1.48 bits per heavy atom. The molecule has 21 heavy (non-hydrogen) atoms. The first-order chi connectivity index (χ1) is 10.2. The lowest BCUT2D eigenvalue weighted by Crippen LogP contribution is -2.39. The van der Waals surface area contributed by atoms with Crippen LogP contribution in [0.1, 0.15) is 55.8 Å². The predicted molar refractivity (Wildman–Crippen MR) is 80.1 cm³/mol. The quantitative estimate of drug-likeness (QED) is 0.926. The number of ether oxygens (including phenoxy) is 1. The van der Waals surface area contributed by atoms with Crippen molar-refractivity contribution < 1.29 is 9.53 Å². The van der Waals surface area contributed by atoms with Crippen LogP contribution in [-0.2, 0) is 9.53 Å². The van der Waals surface area contributed by atoms with E-state index in [1.165, 1.54) is 0 Å². The highest BCUT2D eigenvalue weighted by Crippen LogP contribution is 2.27. The van der Waals surface area contributed by atoms with Crippen LogP contribution in [0.2, 0.25) is 0 Å². The number of aromatic amines is 1. The van der Waals surface area contributed by atoms with Crippen molar-refractivity contribution in [1.82, 2.24) is 15.1 Å². The van der Waals surface area contributed by atoms with Gasteiger partial charge in [-0.3, -0.25) is 9.89 Å². The molecule has 2 aliphatic rings. The molecular formula is C16H25N3O2. The summed E-state index contributed by atoms with van der Waals surface area (Å²) in [6.45, 7) is 4.59. The van der Waals surface area contributed by atoms with E-state index in [4.69, 9.17) is 4.74 Å². The SMILES string of the molecule is Cc1cc([C@@H]2CCCN(C(=O)CC[C@H]3CCCO3)C2)n[nH]1. The fraction of sp³-hybridized carbons (Fsp3) is 0.750. The molecule has 1 aromatic heterocycles. The summed E-state index contributed by atoms with van der Waals surface area (Å²) >= 11 is 0. The Labute approximate surface area is 126 Å². The average molecular weight is 291 g/mol. The standard InChI is InChI=1S/C16H25N3O2/c1-12-10-15(18-17-12)13-4-2-8-19(11-13)16(20)7-6-14-5-3-9-21-14/h10,13-14H,2-9,11H2,1H3,(H,17,18)/t13-,14-/m1/s1. The summed E-state index contributed by atoms with van der Waals surface area (Å²) < 4.78 is 5.60. The van der Waals surface area contributed by atoms with Gasteiger partial charge in [0, 0.05) is 37.7 Å². The third kappa shape index (κ3) is 3.64. The smallest absolute Gasteiger partial charge is 0.222 e. The molecule has 2 saturated heterocycles. The molecule has 5 nitrogen and oxygen atoms in total. The third-order valence-corrected chi connectivity index (χ3v) is 4.62. The Hall–Kier alpha value is -1.36. The van der Waals surface area contributed by atoms with Crippen molar-refractivity contribution in [3.63, 3.8) is 0 Å². The minimum atomic E-state index is 0.280. The summed E-state index contributed by atoms with van der Waals surface area (Å²) in [5.41, 5.74) is 2.19. The summed E-state index contributed by atoms with van der Waals surface area (Å²) in [6, 6.07) is 2.10. The molecule has 0 aromatic carbocycles. The Morgan fingerprint density at radius 2 is 2.38 bits per heavy atom. The Bertz CT molecular complexity index is 480. The first kappa shape index (κ1) is 14.6. The number of amides is 1. The number of rotatable bonds is 4. The molecule has 2 aliphatic heterocycles. The highest BCUT2D eigenvalue weighted by Gasteiger charge is 2.26. The first-order valence-corrected chi connectivity index (χ1v) is 8.13. The van der Waals surface area contributed by atoms with Gasteiger partial charge in [-0.25, -0.2) is 0 Å². The van der Waals surface area contributed by atoms with Crippen LogP contribution in [0.5, 0.6) is 0 Å². The number of aromatic nitrogens is 2. The Balaban J connectivity index is 1.51. The number of likely N-dealkylation sites (tertiary alicyclic amines) is 1. The van der Waals surface area contributed by atoms with Gasteiger partial charge in [0.2, 0.25) is 5.91 Å². The van der Waals surface area contributed by atoms with Crippen molar-refractivity contribution in [2.24, 2.45) is 0 Å². The number of carbonyl (C=O) groups is 1. The molecule has 5 heteroatoms. The highest BCUT2D eigenvalue weighted by molar-refractivity contribution is 5.76. The van der Waals surface area contributed by atoms with Crippen molar-refractivity contribution in [3.8, 4) is 0 Å². The topological polar surface area (TPSA) is 58.2 Å².